The Morgan fingerprint density at radius 2 is 2.00 bits per heavy atom. The van der Waals surface area contributed by atoms with Crippen LogP contribution in [0.1, 0.15) is 25.5 Å². The summed E-state index contributed by atoms with van der Waals surface area (Å²) in [5.74, 6) is 1.52. The summed E-state index contributed by atoms with van der Waals surface area (Å²) in [6, 6.07) is 8.18. The van der Waals surface area contributed by atoms with E-state index in [9.17, 15) is 0 Å². The van der Waals surface area contributed by atoms with E-state index < -0.39 is 0 Å². The van der Waals surface area contributed by atoms with Crippen LogP contribution in [0.2, 0.25) is 0 Å². The molecule has 1 aliphatic rings. The molecule has 0 aliphatic carbocycles. The lowest BCUT2D eigenvalue weighted by Crippen LogP contribution is -2.04. The van der Waals surface area contributed by atoms with Gasteiger partial charge in [-0.05, 0) is 23.6 Å². The average Bonchev–Trinajstić information content (AvgIpc) is 2.99. The predicted molar refractivity (Wildman–Crippen MR) is 55.5 cm³/mol. The zero-order chi connectivity index (χ0) is 9.97. The monoisotopic (exact) mass is 192 g/mol. The van der Waals surface area contributed by atoms with Crippen LogP contribution in [0, 0.1) is 5.92 Å². The van der Waals surface area contributed by atoms with Crippen LogP contribution in [-0.2, 0) is 4.74 Å². The van der Waals surface area contributed by atoms with Crippen LogP contribution in [0.4, 0.5) is 0 Å². The molecule has 1 heterocycles. The fraction of sp³-hybridized carbons (Fsp3) is 0.500. The molecule has 1 atom stereocenters. The van der Waals surface area contributed by atoms with Gasteiger partial charge in [0.05, 0.1) is 13.2 Å². The van der Waals surface area contributed by atoms with E-state index in [1.807, 2.05) is 12.1 Å². The average molecular weight is 192 g/mol. The van der Waals surface area contributed by atoms with Crippen molar-refractivity contribution in [3.8, 4) is 5.75 Å². The van der Waals surface area contributed by atoms with E-state index in [0.717, 1.165) is 19.0 Å². The van der Waals surface area contributed by atoms with E-state index in [1.165, 1.54) is 5.56 Å². The Balaban J connectivity index is 1.92. The number of epoxide rings is 1. The minimum atomic E-state index is 0.342. The topological polar surface area (TPSA) is 21.8 Å². The summed E-state index contributed by atoms with van der Waals surface area (Å²) in [6.07, 6.45) is 0.342. The Labute approximate surface area is 84.8 Å². The number of hydrogen-bond donors (Lipinski definition) is 0. The van der Waals surface area contributed by atoms with Gasteiger partial charge in [0.15, 0.2) is 0 Å². The van der Waals surface area contributed by atoms with Gasteiger partial charge < -0.3 is 9.47 Å². The lowest BCUT2D eigenvalue weighted by molar-refractivity contribution is 0.271. The number of ether oxygens (including phenoxy) is 2. The second kappa shape index (κ2) is 4.01. The van der Waals surface area contributed by atoms with Crippen molar-refractivity contribution in [2.24, 2.45) is 5.92 Å². The molecule has 0 N–H and O–H groups in total. The normalized spacial score (nSPS) is 19.8. The molecule has 14 heavy (non-hydrogen) atoms. The third-order valence-electron chi connectivity index (χ3n) is 2.17. The van der Waals surface area contributed by atoms with Crippen molar-refractivity contribution in [3.63, 3.8) is 0 Å². The van der Waals surface area contributed by atoms with Crippen LogP contribution < -0.4 is 4.74 Å². The van der Waals surface area contributed by atoms with Crippen molar-refractivity contribution in [2.75, 3.05) is 13.2 Å². The van der Waals surface area contributed by atoms with E-state index in [4.69, 9.17) is 9.47 Å². The largest absolute Gasteiger partial charge is 0.493 e. The second-order valence-electron chi connectivity index (χ2n) is 4.10. The molecule has 2 heteroatoms. The van der Waals surface area contributed by atoms with Crippen LogP contribution >= 0.6 is 0 Å². The Kier molecular flexibility index (Phi) is 2.73. The quantitative estimate of drug-likeness (QED) is 0.684. The highest BCUT2D eigenvalue weighted by Crippen LogP contribution is 2.30. The second-order valence-corrected chi connectivity index (χ2v) is 4.10. The molecule has 0 aromatic heterocycles. The molecule has 1 aromatic rings. The summed E-state index contributed by atoms with van der Waals surface area (Å²) in [5, 5.41) is 0. The first-order valence-corrected chi connectivity index (χ1v) is 5.10. The first kappa shape index (κ1) is 9.53. The number of hydrogen-bond acceptors (Lipinski definition) is 2. The third-order valence-corrected chi connectivity index (χ3v) is 2.17. The Bertz CT molecular complexity index is 286. The first-order valence-electron chi connectivity index (χ1n) is 5.10. The molecular weight excluding hydrogens is 176 g/mol. The maximum atomic E-state index is 5.58. The van der Waals surface area contributed by atoms with Gasteiger partial charge in [-0.2, -0.15) is 0 Å². The highest BCUT2D eigenvalue weighted by molar-refractivity contribution is 5.29. The van der Waals surface area contributed by atoms with Gasteiger partial charge in [-0.15, -0.1) is 0 Å². The lowest BCUT2D eigenvalue weighted by atomic mass is 10.1. The van der Waals surface area contributed by atoms with Gasteiger partial charge >= 0.3 is 0 Å². The molecule has 0 saturated carbocycles. The van der Waals surface area contributed by atoms with Crippen molar-refractivity contribution >= 4 is 0 Å². The molecule has 1 aromatic carbocycles. The standard InChI is InChI=1S/C12H16O2/c1-9(2)7-13-11-5-3-10(4-6-11)12-8-14-12/h3-6,9,12H,7-8H2,1-2H3. The molecule has 0 spiro atoms. The van der Waals surface area contributed by atoms with Crippen LogP contribution in [0.25, 0.3) is 0 Å². The molecule has 2 nitrogen and oxygen atoms in total. The first-order chi connectivity index (χ1) is 6.75. The number of benzene rings is 1. The Hall–Kier alpha value is -1.02. The van der Waals surface area contributed by atoms with Crippen molar-refractivity contribution in [2.45, 2.75) is 20.0 Å². The van der Waals surface area contributed by atoms with Crippen LogP contribution in [0.3, 0.4) is 0 Å². The summed E-state index contributed by atoms with van der Waals surface area (Å²) in [7, 11) is 0. The van der Waals surface area contributed by atoms with Gasteiger partial charge in [0.2, 0.25) is 0 Å². The van der Waals surface area contributed by atoms with Crippen molar-refractivity contribution in [1.29, 1.82) is 0 Å². The molecule has 1 saturated heterocycles. The predicted octanol–water partition coefficient (Wildman–Crippen LogP) is 2.79. The summed E-state index contributed by atoms with van der Waals surface area (Å²) in [5.41, 5.74) is 1.25. The minimum absolute atomic E-state index is 0.342. The molecule has 0 radical (unpaired) electrons. The summed E-state index contributed by atoms with van der Waals surface area (Å²) < 4.78 is 10.8. The zero-order valence-corrected chi connectivity index (χ0v) is 8.69. The molecule has 2 rings (SSSR count). The van der Waals surface area contributed by atoms with E-state index in [1.54, 1.807) is 0 Å². The van der Waals surface area contributed by atoms with E-state index in [-0.39, 0.29) is 0 Å². The summed E-state index contributed by atoms with van der Waals surface area (Å²) in [6.45, 7) is 5.93. The maximum Gasteiger partial charge on any atom is 0.119 e. The molecule has 0 amide bonds. The Morgan fingerprint density at radius 1 is 1.36 bits per heavy atom. The van der Waals surface area contributed by atoms with Gasteiger partial charge in [-0.3, -0.25) is 0 Å². The Morgan fingerprint density at radius 3 is 2.50 bits per heavy atom. The van der Waals surface area contributed by atoms with Crippen LogP contribution in [0.5, 0.6) is 5.75 Å². The number of rotatable bonds is 4. The van der Waals surface area contributed by atoms with Gasteiger partial charge in [-0.1, -0.05) is 26.0 Å². The lowest BCUT2D eigenvalue weighted by Gasteiger charge is -2.08. The SMILES string of the molecule is CC(C)COc1ccc(C2CO2)cc1. The van der Waals surface area contributed by atoms with Crippen LogP contribution in [0.15, 0.2) is 24.3 Å². The zero-order valence-electron chi connectivity index (χ0n) is 8.69. The molecule has 76 valence electrons. The molecular formula is C12H16O2. The van der Waals surface area contributed by atoms with Crippen molar-refractivity contribution in [3.05, 3.63) is 29.8 Å². The minimum Gasteiger partial charge on any atom is -0.493 e. The third kappa shape index (κ3) is 2.48. The van der Waals surface area contributed by atoms with Gasteiger partial charge in [0.1, 0.15) is 11.9 Å². The van der Waals surface area contributed by atoms with E-state index >= 15 is 0 Å². The fourth-order valence-corrected chi connectivity index (χ4v) is 1.28. The van der Waals surface area contributed by atoms with Gasteiger partial charge in [-0.25, -0.2) is 0 Å². The highest BCUT2D eigenvalue weighted by Gasteiger charge is 2.24. The van der Waals surface area contributed by atoms with Crippen molar-refractivity contribution in [1.82, 2.24) is 0 Å². The fourth-order valence-electron chi connectivity index (χ4n) is 1.28. The van der Waals surface area contributed by atoms with Gasteiger partial charge in [0, 0.05) is 0 Å². The highest BCUT2D eigenvalue weighted by atomic mass is 16.6. The summed E-state index contributed by atoms with van der Waals surface area (Å²) >= 11 is 0. The van der Waals surface area contributed by atoms with Crippen molar-refractivity contribution < 1.29 is 9.47 Å². The van der Waals surface area contributed by atoms with Gasteiger partial charge in [0.25, 0.3) is 0 Å². The molecule has 1 fully saturated rings. The molecule has 0 bridgehead atoms. The summed E-state index contributed by atoms with van der Waals surface area (Å²) in [4.78, 5) is 0. The molecule has 1 aliphatic heterocycles. The maximum absolute atomic E-state index is 5.58. The smallest absolute Gasteiger partial charge is 0.119 e. The van der Waals surface area contributed by atoms with E-state index in [2.05, 4.69) is 26.0 Å². The molecule has 1 unspecified atom stereocenters. The van der Waals surface area contributed by atoms with E-state index in [0.29, 0.717) is 12.0 Å². The van der Waals surface area contributed by atoms with Crippen LogP contribution in [-0.4, -0.2) is 13.2 Å².